The lowest BCUT2D eigenvalue weighted by molar-refractivity contribution is -0.113. The number of allylic oxidation sites excluding steroid dienone is 4. The summed E-state index contributed by atoms with van der Waals surface area (Å²) < 4.78 is 0. The molecule has 1 aliphatic carbocycles. The van der Waals surface area contributed by atoms with E-state index in [1.807, 2.05) is 32.1 Å². The minimum absolute atomic E-state index is 0.172. The summed E-state index contributed by atoms with van der Waals surface area (Å²) in [5, 5.41) is 0. The Labute approximate surface area is 68.8 Å². The van der Waals surface area contributed by atoms with Gasteiger partial charge < -0.3 is 0 Å². The van der Waals surface area contributed by atoms with Gasteiger partial charge in [0.1, 0.15) is 0 Å². The smallest absolute Gasteiger partial charge is 0.159 e. The zero-order valence-corrected chi connectivity index (χ0v) is 7.55. The zero-order valence-electron chi connectivity index (χ0n) is 7.55. The van der Waals surface area contributed by atoms with Crippen molar-refractivity contribution in [2.75, 3.05) is 0 Å². The van der Waals surface area contributed by atoms with Crippen LogP contribution in [0.1, 0.15) is 33.6 Å². The molecule has 1 aliphatic rings. The van der Waals surface area contributed by atoms with Gasteiger partial charge in [0.2, 0.25) is 0 Å². The van der Waals surface area contributed by atoms with Crippen LogP contribution in [0.5, 0.6) is 0 Å². The first-order valence-corrected chi connectivity index (χ1v) is 4.18. The molecular weight excluding hydrogens is 136 g/mol. The molecule has 0 saturated heterocycles. The van der Waals surface area contributed by atoms with E-state index in [9.17, 15) is 4.79 Å². The lowest BCUT2D eigenvalue weighted by Crippen LogP contribution is -1.95. The first-order chi connectivity index (χ1) is 5.30. The molecule has 0 aromatic carbocycles. The molecule has 0 heterocycles. The second-order valence-corrected chi connectivity index (χ2v) is 2.20. The van der Waals surface area contributed by atoms with Gasteiger partial charge in [-0.25, -0.2) is 0 Å². The van der Waals surface area contributed by atoms with Gasteiger partial charge in [0.25, 0.3) is 0 Å². The van der Waals surface area contributed by atoms with Gasteiger partial charge in [-0.05, 0) is 19.8 Å². The minimum atomic E-state index is 0.172. The summed E-state index contributed by atoms with van der Waals surface area (Å²) in [6.45, 7) is 5.60. The highest BCUT2D eigenvalue weighted by atomic mass is 16.1. The van der Waals surface area contributed by atoms with E-state index in [4.69, 9.17) is 0 Å². The fourth-order valence-electron chi connectivity index (χ4n) is 0.874. The van der Waals surface area contributed by atoms with Crippen LogP contribution < -0.4 is 0 Å². The molecule has 0 aromatic heterocycles. The van der Waals surface area contributed by atoms with E-state index < -0.39 is 0 Å². The van der Waals surface area contributed by atoms with Crippen LogP contribution in [0.25, 0.3) is 0 Å². The van der Waals surface area contributed by atoms with Crippen molar-refractivity contribution in [1.29, 1.82) is 0 Å². The van der Waals surface area contributed by atoms with Gasteiger partial charge in [0.15, 0.2) is 5.78 Å². The summed E-state index contributed by atoms with van der Waals surface area (Å²) >= 11 is 0. The van der Waals surface area contributed by atoms with Gasteiger partial charge in [-0.3, -0.25) is 4.79 Å². The predicted molar refractivity (Wildman–Crippen MR) is 48.5 cm³/mol. The molecule has 0 atom stereocenters. The Kier molecular flexibility index (Phi) is 5.44. The van der Waals surface area contributed by atoms with E-state index in [-0.39, 0.29) is 5.78 Å². The molecule has 11 heavy (non-hydrogen) atoms. The molecule has 0 spiro atoms. The van der Waals surface area contributed by atoms with Gasteiger partial charge in [-0.1, -0.05) is 32.1 Å². The summed E-state index contributed by atoms with van der Waals surface area (Å²) in [4.78, 5) is 10.7. The van der Waals surface area contributed by atoms with Gasteiger partial charge in [-0.2, -0.15) is 0 Å². The molecule has 1 heteroatoms. The standard InChI is InChI=1S/C8H10O.C2H6/c1-7(9)8-5-3-2-4-6-8;1-2/h3,5-6H,2,4H2,1H3;1-2H3. The number of carbonyl (C=O) groups excluding carboxylic acids is 1. The third-order valence-electron chi connectivity index (χ3n) is 1.40. The van der Waals surface area contributed by atoms with Crippen LogP contribution in [0.2, 0.25) is 0 Å². The molecule has 0 fully saturated rings. The Morgan fingerprint density at radius 3 is 2.27 bits per heavy atom. The lowest BCUT2D eigenvalue weighted by atomic mass is 10.0. The lowest BCUT2D eigenvalue weighted by Gasteiger charge is -2.00. The third kappa shape index (κ3) is 3.76. The second kappa shape index (κ2) is 5.90. The van der Waals surface area contributed by atoms with Crippen LogP contribution in [0.4, 0.5) is 0 Å². The molecule has 0 amide bonds. The van der Waals surface area contributed by atoms with Gasteiger partial charge in [0, 0.05) is 5.57 Å². The molecular formula is C10H16O. The number of hydrogen-bond acceptors (Lipinski definition) is 1. The molecule has 1 nitrogen and oxygen atoms in total. The fraction of sp³-hybridized carbons (Fsp3) is 0.500. The van der Waals surface area contributed by atoms with Crippen LogP contribution in [0.3, 0.4) is 0 Å². The minimum Gasteiger partial charge on any atom is -0.295 e. The maximum atomic E-state index is 10.7. The van der Waals surface area contributed by atoms with Crippen molar-refractivity contribution < 1.29 is 4.79 Å². The van der Waals surface area contributed by atoms with Gasteiger partial charge >= 0.3 is 0 Å². The van der Waals surface area contributed by atoms with E-state index >= 15 is 0 Å². The van der Waals surface area contributed by atoms with Crippen molar-refractivity contribution in [2.24, 2.45) is 0 Å². The molecule has 0 N–H and O–H groups in total. The Morgan fingerprint density at radius 1 is 1.36 bits per heavy atom. The van der Waals surface area contributed by atoms with Crippen molar-refractivity contribution in [3.63, 3.8) is 0 Å². The van der Waals surface area contributed by atoms with E-state index in [1.54, 1.807) is 6.92 Å². The predicted octanol–water partition coefficient (Wildman–Crippen LogP) is 2.88. The summed E-state index contributed by atoms with van der Waals surface area (Å²) in [5.74, 6) is 0.172. The third-order valence-corrected chi connectivity index (χ3v) is 1.40. The number of carbonyl (C=O) groups is 1. The Hall–Kier alpha value is -0.850. The summed E-state index contributed by atoms with van der Waals surface area (Å²) in [6.07, 6.45) is 8.02. The zero-order chi connectivity index (χ0) is 8.69. The van der Waals surface area contributed by atoms with Crippen molar-refractivity contribution in [3.8, 4) is 0 Å². The molecule has 0 radical (unpaired) electrons. The molecule has 0 aromatic rings. The molecule has 62 valence electrons. The van der Waals surface area contributed by atoms with Gasteiger partial charge in [-0.15, -0.1) is 0 Å². The molecule has 1 rings (SSSR count). The van der Waals surface area contributed by atoms with Crippen LogP contribution in [0.15, 0.2) is 23.8 Å². The van der Waals surface area contributed by atoms with Crippen LogP contribution in [0, 0.1) is 0 Å². The summed E-state index contributed by atoms with van der Waals surface area (Å²) in [6, 6.07) is 0. The maximum absolute atomic E-state index is 10.7. The van der Waals surface area contributed by atoms with E-state index in [0.29, 0.717) is 0 Å². The van der Waals surface area contributed by atoms with Crippen LogP contribution in [-0.4, -0.2) is 5.78 Å². The van der Waals surface area contributed by atoms with Crippen molar-refractivity contribution >= 4 is 5.78 Å². The SMILES string of the molecule is CC.CC(=O)C1=CCCC=C1. The summed E-state index contributed by atoms with van der Waals surface area (Å²) in [7, 11) is 0. The van der Waals surface area contributed by atoms with Crippen molar-refractivity contribution in [1.82, 2.24) is 0 Å². The fourth-order valence-corrected chi connectivity index (χ4v) is 0.874. The second-order valence-electron chi connectivity index (χ2n) is 2.20. The number of ketones is 1. The van der Waals surface area contributed by atoms with E-state index in [1.165, 1.54) is 0 Å². The maximum Gasteiger partial charge on any atom is 0.159 e. The molecule has 0 saturated carbocycles. The first-order valence-electron chi connectivity index (χ1n) is 4.18. The molecule has 0 unspecified atom stereocenters. The topological polar surface area (TPSA) is 17.1 Å². The largest absolute Gasteiger partial charge is 0.295 e. The van der Waals surface area contributed by atoms with E-state index in [2.05, 4.69) is 0 Å². The Bertz CT molecular complexity index is 175. The molecule has 0 bridgehead atoms. The van der Waals surface area contributed by atoms with Crippen molar-refractivity contribution in [3.05, 3.63) is 23.8 Å². The van der Waals surface area contributed by atoms with Crippen LogP contribution in [-0.2, 0) is 4.79 Å². The highest BCUT2D eigenvalue weighted by molar-refractivity contribution is 5.96. The van der Waals surface area contributed by atoms with Gasteiger partial charge in [0.05, 0.1) is 0 Å². The van der Waals surface area contributed by atoms with Crippen molar-refractivity contribution in [2.45, 2.75) is 33.6 Å². The molecule has 0 aliphatic heterocycles. The Morgan fingerprint density at radius 2 is 2.00 bits per heavy atom. The number of Topliss-reactive ketones (excluding diaryl/α,β-unsaturated/α-hetero) is 1. The highest BCUT2D eigenvalue weighted by Gasteiger charge is 2.00. The first kappa shape index (κ1) is 10.2. The Balaban J connectivity index is 0.000000461. The summed E-state index contributed by atoms with van der Waals surface area (Å²) in [5.41, 5.74) is 0.862. The number of rotatable bonds is 1. The average molecular weight is 152 g/mol. The number of hydrogen-bond donors (Lipinski definition) is 0. The monoisotopic (exact) mass is 152 g/mol. The van der Waals surface area contributed by atoms with Crippen LogP contribution >= 0.6 is 0 Å². The normalized spacial score (nSPS) is 14.6. The highest BCUT2D eigenvalue weighted by Crippen LogP contribution is 2.09. The van der Waals surface area contributed by atoms with E-state index in [0.717, 1.165) is 18.4 Å². The average Bonchev–Trinajstić information content (AvgIpc) is 2.10. The quantitative estimate of drug-likeness (QED) is 0.564.